The van der Waals surface area contributed by atoms with Crippen LogP contribution in [0.3, 0.4) is 0 Å². The maximum Gasteiger partial charge on any atom is 0.410 e. The topological polar surface area (TPSA) is 111 Å². The molecule has 1 aliphatic carbocycles. The predicted molar refractivity (Wildman–Crippen MR) is 123 cm³/mol. The van der Waals surface area contributed by atoms with Crippen LogP contribution in [0, 0.1) is 10.1 Å². The molecule has 5 rings (SSSR count). The van der Waals surface area contributed by atoms with E-state index in [1.807, 2.05) is 9.80 Å². The monoisotopic (exact) mass is 467 g/mol. The molecule has 2 saturated heterocycles. The van der Waals surface area contributed by atoms with Crippen molar-refractivity contribution in [2.45, 2.75) is 63.1 Å². The lowest BCUT2D eigenvalue weighted by Gasteiger charge is -2.36. The van der Waals surface area contributed by atoms with E-state index in [0.29, 0.717) is 25.3 Å². The van der Waals surface area contributed by atoms with E-state index in [2.05, 4.69) is 5.10 Å². The van der Waals surface area contributed by atoms with Gasteiger partial charge in [-0.2, -0.15) is 5.10 Å². The molecule has 0 unspecified atom stereocenters. The summed E-state index contributed by atoms with van der Waals surface area (Å²) in [5.41, 5.74) is 1.15. The highest BCUT2D eigenvalue weighted by Crippen LogP contribution is 2.38. The van der Waals surface area contributed by atoms with Crippen LogP contribution in [0.5, 0.6) is 0 Å². The van der Waals surface area contributed by atoms with Gasteiger partial charge < -0.3 is 14.5 Å². The van der Waals surface area contributed by atoms with Crippen LogP contribution in [0.1, 0.15) is 44.9 Å². The van der Waals surface area contributed by atoms with Crippen molar-refractivity contribution in [3.63, 3.8) is 0 Å². The van der Waals surface area contributed by atoms with Crippen LogP contribution in [0.2, 0.25) is 0 Å². The lowest BCUT2D eigenvalue weighted by molar-refractivity contribution is -0.384. The Balaban J connectivity index is 1.14. The number of amides is 2. The summed E-state index contributed by atoms with van der Waals surface area (Å²) in [5, 5.41) is 15.3. The van der Waals surface area contributed by atoms with Gasteiger partial charge in [-0.1, -0.05) is 6.42 Å². The van der Waals surface area contributed by atoms with Crippen molar-refractivity contribution in [2.24, 2.45) is 0 Å². The molecule has 1 saturated carbocycles. The standard InChI is InChI=1S/C24H29N5O5/c30-22(16-27-15-10-21(25-27)18-4-6-20(7-5-18)29(32)33)26-13-8-19(9-14-26)28-17-24(34-23(28)31)11-2-1-3-12-24/h4-7,10,15,19H,1-3,8-9,11-14,16-17H2. The second-order valence-electron chi connectivity index (χ2n) is 9.55. The third-order valence-electron chi connectivity index (χ3n) is 7.33. The molecule has 0 atom stereocenters. The maximum atomic E-state index is 12.9. The number of carbonyl (C=O) groups is 2. The second-order valence-corrected chi connectivity index (χ2v) is 9.55. The van der Waals surface area contributed by atoms with Gasteiger partial charge in [0, 0.05) is 43.0 Å². The number of rotatable bonds is 5. The number of non-ortho nitro benzene ring substituents is 1. The quantitative estimate of drug-likeness (QED) is 0.491. The minimum Gasteiger partial charge on any atom is -0.441 e. The summed E-state index contributed by atoms with van der Waals surface area (Å²) in [6, 6.07) is 8.10. The molecule has 0 radical (unpaired) electrons. The number of hydrogen-bond donors (Lipinski definition) is 0. The first-order chi connectivity index (χ1) is 16.4. The first-order valence-corrected chi connectivity index (χ1v) is 12.0. The lowest BCUT2D eigenvalue weighted by atomic mass is 9.84. The average Bonchev–Trinajstić information content (AvgIpc) is 3.44. The summed E-state index contributed by atoms with van der Waals surface area (Å²) in [5.74, 6) is -0.00968. The fraction of sp³-hybridized carbons (Fsp3) is 0.542. The zero-order valence-corrected chi connectivity index (χ0v) is 19.1. The number of nitro benzene ring substituents is 1. The van der Waals surface area contributed by atoms with Crippen LogP contribution < -0.4 is 0 Å². The molecule has 0 N–H and O–H groups in total. The molecule has 3 aliphatic rings. The molecule has 2 aromatic rings. The van der Waals surface area contributed by atoms with E-state index in [9.17, 15) is 19.7 Å². The number of carbonyl (C=O) groups excluding carboxylic acids is 2. The average molecular weight is 468 g/mol. The fourth-order valence-corrected chi connectivity index (χ4v) is 5.41. The van der Waals surface area contributed by atoms with Gasteiger partial charge in [0.05, 0.1) is 17.2 Å². The lowest BCUT2D eigenvalue weighted by Crippen LogP contribution is -2.48. The molecule has 0 bridgehead atoms. The highest BCUT2D eigenvalue weighted by Gasteiger charge is 2.48. The minimum absolute atomic E-state index is 0.00968. The molecule has 180 valence electrons. The van der Waals surface area contributed by atoms with Crippen molar-refractivity contribution < 1.29 is 19.2 Å². The number of nitro groups is 1. The fourth-order valence-electron chi connectivity index (χ4n) is 5.41. The molecule has 10 nitrogen and oxygen atoms in total. The molecule has 10 heteroatoms. The van der Waals surface area contributed by atoms with Gasteiger partial charge in [0.2, 0.25) is 5.91 Å². The Morgan fingerprint density at radius 2 is 1.82 bits per heavy atom. The third kappa shape index (κ3) is 4.49. The van der Waals surface area contributed by atoms with E-state index in [1.165, 1.54) is 18.6 Å². The van der Waals surface area contributed by atoms with Gasteiger partial charge in [0.15, 0.2) is 0 Å². The smallest absolute Gasteiger partial charge is 0.410 e. The zero-order chi connectivity index (χ0) is 23.7. The van der Waals surface area contributed by atoms with E-state index in [0.717, 1.165) is 44.1 Å². The van der Waals surface area contributed by atoms with Crippen molar-refractivity contribution in [3.8, 4) is 11.3 Å². The van der Waals surface area contributed by atoms with Crippen LogP contribution in [0.15, 0.2) is 36.5 Å². The zero-order valence-electron chi connectivity index (χ0n) is 19.1. The Morgan fingerprint density at radius 3 is 2.50 bits per heavy atom. The van der Waals surface area contributed by atoms with E-state index < -0.39 is 4.92 Å². The molecule has 2 amide bonds. The molecule has 2 aliphatic heterocycles. The van der Waals surface area contributed by atoms with Gasteiger partial charge in [0.1, 0.15) is 12.1 Å². The van der Waals surface area contributed by atoms with E-state index in [4.69, 9.17) is 4.74 Å². The molecule has 1 aromatic carbocycles. The Kier molecular flexibility index (Phi) is 5.97. The summed E-state index contributed by atoms with van der Waals surface area (Å²) in [7, 11) is 0. The van der Waals surface area contributed by atoms with E-state index in [1.54, 1.807) is 29.1 Å². The summed E-state index contributed by atoms with van der Waals surface area (Å²) in [4.78, 5) is 39.5. The summed E-state index contributed by atoms with van der Waals surface area (Å²) >= 11 is 0. The number of likely N-dealkylation sites (tertiary alicyclic amines) is 1. The third-order valence-corrected chi connectivity index (χ3v) is 7.33. The number of piperidine rings is 1. The minimum atomic E-state index is -0.440. The maximum absolute atomic E-state index is 12.9. The summed E-state index contributed by atoms with van der Waals surface area (Å²) in [6.45, 7) is 2.03. The van der Waals surface area contributed by atoms with Crippen molar-refractivity contribution in [3.05, 3.63) is 46.6 Å². The van der Waals surface area contributed by atoms with Crippen molar-refractivity contribution in [1.82, 2.24) is 19.6 Å². The second kappa shape index (κ2) is 9.08. The van der Waals surface area contributed by atoms with Crippen LogP contribution >= 0.6 is 0 Å². The highest BCUT2D eigenvalue weighted by molar-refractivity contribution is 5.76. The molecule has 34 heavy (non-hydrogen) atoms. The SMILES string of the molecule is O=C(Cn1ccc(-c2ccc([N+](=O)[O-])cc2)n1)N1CCC(N2CC3(CCCCC3)OC2=O)CC1. The van der Waals surface area contributed by atoms with Crippen molar-refractivity contribution >= 4 is 17.7 Å². The van der Waals surface area contributed by atoms with Gasteiger partial charge in [-0.05, 0) is 56.7 Å². The number of benzene rings is 1. The molecule has 3 heterocycles. The summed E-state index contributed by atoms with van der Waals surface area (Å²) in [6.07, 6.45) is 8.42. The number of hydrogen-bond acceptors (Lipinski definition) is 6. The van der Waals surface area contributed by atoms with Crippen LogP contribution in [-0.2, 0) is 16.1 Å². The van der Waals surface area contributed by atoms with Gasteiger partial charge in [0.25, 0.3) is 5.69 Å². The van der Waals surface area contributed by atoms with Crippen LogP contribution in [-0.4, -0.2) is 67.8 Å². The first-order valence-electron chi connectivity index (χ1n) is 12.0. The number of aromatic nitrogens is 2. The molecular formula is C24H29N5O5. The Labute approximate surface area is 197 Å². The Bertz CT molecular complexity index is 1070. The largest absolute Gasteiger partial charge is 0.441 e. The molecule has 1 aromatic heterocycles. The van der Waals surface area contributed by atoms with Gasteiger partial charge in [-0.3, -0.25) is 19.6 Å². The van der Waals surface area contributed by atoms with Gasteiger partial charge in [-0.15, -0.1) is 0 Å². The van der Waals surface area contributed by atoms with Gasteiger partial charge >= 0.3 is 6.09 Å². The molecule has 1 spiro atoms. The van der Waals surface area contributed by atoms with Crippen molar-refractivity contribution in [1.29, 1.82) is 0 Å². The number of ether oxygens (including phenoxy) is 1. The first kappa shape index (κ1) is 22.4. The number of nitrogens with zero attached hydrogens (tertiary/aromatic N) is 5. The van der Waals surface area contributed by atoms with E-state index in [-0.39, 0.29) is 35.9 Å². The molecular weight excluding hydrogens is 438 g/mol. The normalized spacial score (nSPS) is 20.5. The summed E-state index contributed by atoms with van der Waals surface area (Å²) < 4.78 is 7.42. The predicted octanol–water partition coefficient (Wildman–Crippen LogP) is 3.60. The van der Waals surface area contributed by atoms with E-state index >= 15 is 0 Å². The Hall–Kier alpha value is -3.43. The molecule has 3 fully saturated rings. The van der Waals surface area contributed by atoms with Crippen LogP contribution in [0.4, 0.5) is 10.5 Å². The highest BCUT2D eigenvalue weighted by atomic mass is 16.6. The van der Waals surface area contributed by atoms with Crippen LogP contribution in [0.25, 0.3) is 11.3 Å². The van der Waals surface area contributed by atoms with Gasteiger partial charge in [-0.25, -0.2) is 4.79 Å². The van der Waals surface area contributed by atoms with Crippen molar-refractivity contribution in [2.75, 3.05) is 19.6 Å². The Morgan fingerprint density at radius 1 is 1.12 bits per heavy atom.